The molecule has 0 spiro atoms. The van der Waals surface area contributed by atoms with Crippen LogP contribution in [0.25, 0.3) is 0 Å². The molecule has 2 rings (SSSR count). The average Bonchev–Trinajstić information content (AvgIpc) is 2.70. The van der Waals surface area contributed by atoms with E-state index in [1.165, 1.54) is 5.56 Å². The molecule has 2 aromatic rings. The van der Waals surface area contributed by atoms with Crippen molar-refractivity contribution in [2.75, 3.05) is 7.11 Å². The molecule has 28 heavy (non-hydrogen) atoms. The van der Waals surface area contributed by atoms with Crippen molar-refractivity contribution < 1.29 is 14.3 Å². The lowest BCUT2D eigenvalue weighted by molar-refractivity contribution is -0.143. The summed E-state index contributed by atoms with van der Waals surface area (Å²) in [6.45, 7) is 8.31. The molecular formula is C23H30N2O3. The Bertz CT molecular complexity index is 782. The van der Waals surface area contributed by atoms with Crippen LogP contribution in [0.3, 0.4) is 0 Å². The first-order valence-corrected chi connectivity index (χ1v) is 9.58. The van der Waals surface area contributed by atoms with Crippen LogP contribution < -0.4 is 10.1 Å². The molecule has 2 amide bonds. The fourth-order valence-electron chi connectivity index (χ4n) is 2.85. The molecular weight excluding hydrogens is 352 g/mol. The number of hydrogen-bond donors (Lipinski definition) is 1. The third kappa shape index (κ3) is 5.84. The fourth-order valence-corrected chi connectivity index (χ4v) is 2.85. The van der Waals surface area contributed by atoms with E-state index in [0.29, 0.717) is 13.1 Å². The van der Waals surface area contributed by atoms with Crippen molar-refractivity contribution >= 4 is 11.8 Å². The van der Waals surface area contributed by atoms with Crippen LogP contribution in [0.5, 0.6) is 5.75 Å². The summed E-state index contributed by atoms with van der Waals surface area (Å²) in [7, 11) is 1.62. The Balaban J connectivity index is 2.08. The van der Waals surface area contributed by atoms with Crippen LogP contribution in [0.1, 0.15) is 37.5 Å². The van der Waals surface area contributed by atoms with Crippen molar-refractivity contribution in [3.63, 3.8) is 0 Å². The highest BCUT2D eigenvalue weighted by atomic mass is 16.5. The molecule has 0 radical (unpaired) electrons. The van der Waals surface area contributed by atoms with Gasteiger partial charge in [-0.2, -0.15) is 0 Å². The van der Waals surface area contributed by atoms with Gasteiger partial charge in [-0.15, -0.1) is 0 Å². The monoisotopic (exact) mass is 382 g/mol. The normalized spacial score (nSPS) is 11.8. The van der Waals surface area contributed by atoms with E-state index in [-0.39, 0.29) is 17.7 Å². The molecule has 0 saturated heterocycles. The third-order valence-corrected chi connectivity index (χ3v) is 4.72. The Hall–Kier alpha value is -2.82. The van der Waals surface area contributed by atoms with Gasteiger partial charge in [-0.25, -0.2) is 0 Å². The maximum Gasteiger partial charge on any atom is 0.242 e. The zero-order valence-electron chi connectivity index (χ0n) is 17.4. The van der Waals surface area contributed by atoms with Crippen LogP contribution in [0, 0.1) is 12.8 Å². The number of nitrogens with zero attached hydrogens (tertiary/aromatic N) is 1. The largest absolute Gasteiger partial charge is 0.497 e. The SMILES string of the molecule is COc1ccc(CN(C(=O)C(C)C)[C@@H](C)C(=O)NCc2ccc(C)cc2)cc1. The van der Waals surface area contributed by atoms with Gasteiger partial charge in [-0.3, -0.25) is 9.59 Å². The number of amides is 2. The zero-order valence-corrected chi connectivity index (χ0v) is 17.4. The second-order valence-electron chi connectivity index (χ2n) is 7.35. The summed E-state index contributed by atoms with van der Waals surface area (Å²) in [6, 6.07) is 15.0. The molecule has 0 aliphatic heterocycles. The molecule has 5 heteroatoms. The highest BCUT2D eigenvalue weighted by Crippen LogP contribution is 2.16. The maximum absolute atomic E-state index is 12.7. The standard InChI is InChI=1S/C23H30N2O3/c1-16(2)23(27)25(15-20-10-12-21(28-5)13-11-20)18(4)22(26)24-14-19-8-6-17(3)7-9-19/h6-13,16,18H,14-15H2,1-5H3,(H,24,26)/t18-/m0/s1. The van der Waals surface area contributed by atoms with E-state index < -0.39 is 6.04 Å². The number of benzene rings is 2. The van der Waals surface area contributed by atoms with Crippen molar-refractivity contribution in [1.29, 1.82) is 0 Å². The Morgan fingerprint density at radius 1 is 0.964 bits per heavy atom. The van der Waals surface area contributed by atoms with E-state index in [0.717, 1.165) is 16.9 Å². The van der Waals surface area contributed by atoms with E-state index in [2.05, 4.69) is 5.32 Å². The van der Waals surface area contributed by atoms with Crippen molar-refractivity contribution in [2.24, 2.45) is 5.92 Å². The van der Waals surface area contributed by atoms with E-state index in [4.69, 9.17) is 4.74 Å². The lowest BCUT2D eigenvalue weighted by Crippen LogP contribution is -2.48. The van der Waals surface area contributed by atoms with E-state index >= 15 is 0 Å². The second kappa shape index (κ2) is 9.93. The Kier molecular flexibility index (Phi) is 7.61. The smallest absolute Gasteiger partial charge is 0.242 e. The molecule has 5 nitrogen and oxygen atoms in total. The van der Waals surface area contributed by atoms with Gasteiger partial charge in [-0.1, -0.05) is 55.8 Å². The minimum Gasteiger partial charge on any atom is -0.497 e. The van der Waals surface area contributed by atoms with Gasteiger partial charge in [0, 0.05) is 19.0 Å². The number of carbonyl (C=O) groups is 2. The van der Waals surface area contributed by atoms with Crippen molar-refractivity contribution in [3.8, 4) is 5.75 Å². The zero-order chi connectivity index (χ0) is 20.7. The minimum absolute atomic E-state index is 0.0474. The summed E-state index contributed by atoms with van der Waals surface area (Å²) in [5, 5.41) is 2.94. The predicted octanol–water partition coefficient (Wildman–Crippen LogP) is 3.69. The van der Waals surface area contributed by atoms with Gasteiger partial charge >= 0.3 is 0 Å². The van der Waals surface area contributed by atoms with Gasteiger partial charge in [0.2, 0.25) is 11.8 Å². The van der Waals surface area contributed by atoms with E-state index in [9.17, 15) is 9.59 Å². The molecule has 0 bridgehead atoms. The predicted molar refractivity (Wildman–Crippen MR) is 111 cm³/mol. The van der Waals surface area contributed by atoms with E-state index in [1.54, 1.807) is 18.9 Å². The average molecular weight is 383 g/mol. The Morgan fingerprint density at radius 2 is 1.54 bits per heavy atom. The Labute approximate surface area is 167 Å². The Morgan fingerprint density at radius 3 is 2.07 bits per heavy atom. The van der Waals surface area contributed by atoms with Crippen molar-refractivity contribution in [1.82, 2.24) is 10.2 Å². The summed E-state index contributed by atoms with van der Waals surface area (Å²) in [6.07, 6.45) is 0. The molecule has 2 aromatic carbocycles. The molecule has 0 aromatic heterocycles. The summed E-state index contributed by atoms with van der Waals surface area (Å²) >= 11 is 0. The van der Waals surface area contributed by atoms with Gasteiger partial charge < -0.3 is 15.0 Å². The first-order chi connectivity index (χ1) is 13.3. The maximum atomic E-state index is 12.7. The first-order valence-electron chi connectivity index (χ1n) is 9.58. The lowest BCUT2D eigenvalue weighted by Gasteiger charge is -2.30. The molecule has 0 saturated carbocycles. The van der Waals surface area contributed by atoms with Gasteiger partial charge in [0.25, 0.3) is 0 Å². The molecule has 0 heterocycles. The molecule has 0 unspecified atom stereocenters. The molecule has 1 N–H and O–H groups in total. The molecule has 0 aliphatic carbocycles. The van der Waals surface area contributed by atoms with E-state index in [1.807, 2.05) is 69.3 Å². The summed E-state index contributed by atoms with van der Waals surface area (Å²) in [4.78, 5) is 27.1. The quantitative estimate of drug-likeness (QED) is 0.757. The summed E-state index contributed by atoms with van der Waals surface area (Å²) in [5.41, 5.74) is 3.16. The molecule has 150 valence electrons. The van der Waals surface area contributed by atoms with Gasteiger partial charge in [-0.05, 0) is 37.1 Å². The van der Waals surface area contributed by atoms with Crippen LogP contribution in [-0.4, -0.2) is 29.9 Å². The number of rotatable bonds is 8. The number of nitrogens with one attached hydrogen (secondary N) is 1. The van der Waals surface area contributed by atoms with Crippen molar-refractivity contribution in [2.45, 2.75) is 46.8 Å². The molecule has 0 fully saturated rings. The summed E-state index contributed by atoms with van der Waals surface area (Å²) < 4.78 is 5.18. The van der Waals surface area contributed by atoms with Gasteiger partial charge in [0.15, 0.2) is 0 Å². The number of aryl methyl sites for hydroxylation is 1. The highest BCUT2D eigenvalue weighted by Gasteiger charge is 2.27. The van der Waals surface area contributed by atoms with Gasteiger partial charge in [0.05, 0.1) is 7.11 Å². The lowest BCUT2D eigenvalue weighted by atomic mass is 10.1. The second-order valence-corrected chi connectivity index (χ2v) is 7.35. The first kappa shape index (κ1) is 21.5. The van der Waals surface area contributed by atoms with Crippen LogP contribution >= 0.6 is 0 Å². The number of carbonyl (C=O) groups excluding carboxylic acids is 2. The van der Waals surface area contributed by atoms with Gasteiger partial charge in [0.1, 0.15) is 11.8 Å². The third-order valence-electron chi connectivity index (χ3n) is 4.72. The number of ether oxygens (including phenoxy) is 1. The number of hydrogen-bond acceptors (Lipinski definition) is 3. The topological polar surface area (TPSA) is 58.6 Å². The molecule has 1 atom stereocenters. The van der Waals surface area contributed by atoms with Crippen LogP contribution in [0.15, 0.2) is 48.5 Å². The van der Waals surface area contributed by atoms with Crippen LogP contribution in [-0.2, 0) is 22.7 Å². The minimum atomic E-state index is -0.567. The number of methoxy groups -OCH3 is 1. The van der Waals surface area contributed by atoms with Crippen molar-refractivity contribution in [3.05, 3.63) is 65.2 Å². The molecule has 0 aliphatic rings. The van der Waals surface area contributed by atoms with Crippen LogP contribution in [0.4, 0.5) is 0 Å². The highest BCUT2D eigenvalue weighted by molar-refractivity contribution is 5.88. The van der Waals surface area contributed by atoms with Crippen LogP contribution in [0.2, 0.25) is 0 Å². The summed E-state index contributed by atoms with van der Waals surface area (Å²) in [5.74, 6) is 0.358. The fraction of sp³-hybridized carbons (Fsp3) is 0.391.